The van der Waals surface area contributed by atoms with Crippen molar-refractivity contribution in [2.75, 3.05) is 13.3 Å². The Morgan fingerprint density at radius 2 is 2.14 bits per heavy atom. The highest BCUT2D eigenvalue weighted by Gasteiger charge is 2.02. The SMILES string of the molecule is [O]CCC(F)CF. The summed E-state index contributed by atoms with van der Waals surface area (Å²) in [4.78, 5) is 0. The van der Waals surface area contributed by atoms with Crippen molar-refractivity contribution in [3.05, 3.63) is 0 Å². The van der Waals surface area contributed by atoms with Gasteiger partial charge in [-0.25, -0.2) is 13.9 Å². The third kappa shape index (κ3) is 3.66. The molecule has 0 spiro atoms. The summed E-state index contributed by atoms with van der Waals surface area (Å²) in [7, 11) is 0. The second kappa shape index (κ2) is 3.99. The van der Waals surface area contributed by atoms with E-state index in [0.717, 1.165) is 0 Å². The maximum atomic E-state index is 11.6. The van der Waals surface area contributed by atoms with E-state index < -0.39 is 19.5 Å². The molecule has 0 aliphatic rings. The molecular formula is C4H7F2O. The molecule has 0 aromatic carbocycles. The van der Waals surface area contributed by atoms with Crippen molar-refractivity contribution >= 4 is 0 Å². The minimum Gasteiger partial charge on any atom is -0.248 e. The predicted octanol–water partition coefficient (Wildman–Crippen LogP) is 1.11. The summed E-state index contributed by atoms with van der Waals surface area (Å²) in [6.07, 6.45) is -1.73. The summed E-state index contributed by atoms with van der Waals surface area (Å²) in [5, 5.41) is 9.49. The molecule has 1 radical (unpaired) electrons. The molecule has 0 saturated carbocycles. The van der Waals surface area contributed by atoms with E-state index in [1.807, 2.05) is 0 Å². The fourth-order valence-corrected chi connectivity index (χ4v) is 0.205. The maximum absolute atomic E-state index is 11.6. The normalized spacial score (nSPS) is 14.1. The van der Waals surface area contributed by atoms with Crippen molar-refractivity contribution in [1.82, 2.24) is 0 Å². The first-order valence-electron chi connectivity index (χ1n) is 2.09. The van der Waals surface area contributed by atoms with Gasteiger partial charge in [0, 0.05) is 6.42 Å². The topological polar surface area (TPSA) is 19.9 Å². The largest absolute Gasteiger partial charge is 0.248 e. The number of halogens is 2. The Labute approximate surface area is 41.0 Å². The van der Waals surface area contributed by atoms with Gasteiger partial charge in [0.15, 0.2) is 0 Å². The van der Waals surface area contributed by atoms with E-state index in [2.05, 4.69) is 0 Å². The van der Waals surface area contributed by atoms with Gasteiger partial charge in [0.25, 0.3) is 0 Å². The predicted molar refractivity (Wildman–Crippen MR) is 21.0 cm³/mol. The van der Waals surface area contributed by atoms with E-state index in [0.29, 0.717) is 0 Å². The minimum atomic E-state index is -1.53. The Balaban J connectivity index is 2.83. The van der Waals surface area contributed by atoms with E-state index in [4.69, 9.17) is 0 Å². The van der Waals surface area contributed by atoms with Crippen LogP contribution in [0, 0.1) is 0 Å². The van der Waals surface area contributed by atoms with Crippen molar-refractivity contribution in [2.24, 2.45) is 0 Å². The van der Waals surface area contributed by atoms with Crippen molar-refractivity contribution < 1.29 is 13.9 Å². The Hall–Kier alpha value is -0.180. The van der Waals surface area contributed by atoms with Crippen LogP contribution in [0.4, 0.5) is 8.78 Å². The second-order valence-corrected chi connectivity index (χ2v) is 1.24. The monoisotopic (exact) mass is 109 g/mol. The number of hydrogen-bond acceptors (Lipinski definition) is 0. The van der Waals surface area contributed by atoms with Gasteiger partial charge < -0.3 is 0 Å². The van der Waals surface area contributed by atoms with Gasteiger partial charge in [-0.3, -0.25) is 0 Å². The fourth-order valence-electron chi connectivity index (χ4n) is 0.205. The van der Waals surface area contributed by atoms with Gasteiger partial charge in [-0.05, 0) is 0 Å². The summed E-state index contributed by atoms with van der Waals surface area (Å²) in [5.41, 5.74) is 0. The summed E-state index contributed by atoms with van der Waals surface area (Å²) in [5.74, 6) is 0. The Morgan fingerprint density at radius 1 is 1.57 bits per heavy atom. The molecule has 43 valence electrons. The van der Waals surface area contributed by atoms with E-state index >= 15 is 0 Å². The highest BCUT2D eigenvalue weighted by Crippen LogP contribution is 1.95. The van der Waals surface area contributed by atoms with Crippen LogP contribution in [0.5, 0.6) is 0 Å². The molecule has 0 aromatic heterocycles. The van der Waals surface area contributed by atoms with Crippen LogP contribution in [-0.4, -0.2) is 19.5 Å². The molecule has 3 heteroatoms. The molecule has 0 aliphatic carbocycles. The Bertz CT molecular complexity index is 40.7. The minimum absolute atomic E-state index is 0.198. The molecular weight excluding hydrogens is 102 g/mol. The summed E-state index contributed by atoms with van der Waals surface area (Å²) in [6.45, 7) is -1.55. The molecule has 1 nitrogen and oxygen atoms in total. The molecule has 0 amide bonds. The number of hydrogen-bond donors (Lipinski definition) is 0. The highest BCUT2D eigenvalue weighted by molar-refractivity contribution is 4.49. The molecule has 0 aliphatic heterocycles. The maximum Gasteiger partial charge on any atom is 0.131 e. The standard InChI is InChI=1S/C4H7F2O/c5-3-4(6)1-2-7/h4H,1-3H2. The van der Waals surface area contributed by atoms with Gasteiger partial charge >= 0.3 is 0 Å². The lowest BCUT2D eigenvalue weighted by atomic mass is 10.3. The molecule has 1 unspecified atom stereocenters. The van der Waals surface area contributed by atoms with Crippen LogP contribution in [0.25, 0.3) is 0 Å². The van der Waals surface area contributed by atoms with Gasteiger partial charge in [-0.15, -0.1) is 0 Å². The van der Waals surface area contributed by atoms with Gasteiger partial charge in [0.2, 0.25) is 0 Å². The van der Waals surface area contributed by atoms with Crippen molar-refractivity contribution in [3.63, 3.8) is 0 Å². The molecule has 7 heavy (non-hydrogen) atoms. The lowest BCUT2D eigenvalue weighted by Crippen LogP contribution is -2.03. The van der Waals surface area contributed by atoms with E-state index in [-0.39, 0.29) is 6.42 Å². The molecule has 0 aromatic rings. The molecule has 0 saturated heterocycles. The smallest absolute Gasteiger partial charge is 0.131 e. The number of alkyl halides is 2. The highest BCUT2D eigenvalue weighted by atomic mass is 19.2. The molecule has 0 rings (SSSR count). The Morgan fingerprint density at radius 3 is 2.29 bits per heavy atom. The van der Waals surface area contributed by atoms with E-state index in [1.165, 1.54) is 0 Å². The lowest BCUT2D eigenvalue weighted by Gasteiger charge is -1.94. The average molecular weight is 109 g/mol. The molecule has 0 fully saturated rings. The van der Waals surface area contributed by atoms with Crippen LogP contribution in [0.3, 0.4) is 0 Å². The van der Waals surface area contributed by atoms with Crippen LogP contribution in [0.2, 0.25) is 0 Å². The van der Waals surface area contributed by atoms with Crippen LogP contribution in [0.1, 0.15) is 6.42 Å². The molecule has 0 bridgehead atoms. The molecule has 0 N–H and O–H groups in total. The third-order valence-electron chi connectivity index (χ3n) is 0.599. The summed E-state index contributed by atoms with van der Waals surface area (Å²) < 4.78 is 22.6. The quantitative estimate of drug-likeness (QED) is 0.517. The van der Waals surface area contributed by atoms with Crippen molar-refractivity contribution in [3.8, 4) is 0 Å². The summed E-state index contributed by atoms with van der Waals surface area (Å²) >= 11 is 0. The van der Waals surface area contributed by atoms with E-state index in [9.17, 15) is 13.9 Å². The van der Waals surface area contributed by atoms with Crippen LogP contribution in [-0.2, 0) is 5.11 Å². The third-order valence-corrected chi connectivity index (χ3v) is 0.599. The van der Waals surface area contributed by atoms with E-state index in [1.54, 1.807) is 0 Å². The average Bonchev–Trinajstić information content (AvgIpc) is 1.68. The second-order valence-electron chi connectivity index (χ2n) is 1.24. The van der Waals surface area contributed by atoms with Gasteiger partial charge in [-0.2, -0.15) is 0 Å². The fraction of sp³-hybridized carbons (Fsp3) is 1.00. The number of rotatable bonds is 3. The lowest BCUT2D eigenvalue weighted by molar-refractivity contribution is 0.141. The first kappa shape index (κ1) is 6.82. The van der Waals surface area contributed by atoms with Crippen LogP contribution < -0.4 is 0 Å². The zero-order valence-corrected chi connectivity index (χ0v) is 3.86. The zero-order valence-electron chi connectivity index (χ0n) is 3.86. The first-order chi connectivity index (χ1) is 3.31. The molecule has 0 heterocycles. The Kier molecular flexibility index (Phi) is 3.89. The summed E-state index contributed by atoms with van der Waals surface area (Å²) in [6, 6.07) is 0. The van der Waals surface area contributed by atoms with Crippen molar-refractivity contribution in [2.45, 2.75) is 12.6 Å². The van der Waals surface area contributed by atoms with Crippen molar-refractivity contribution in [1.29, 1.82) is 0 Å². The van der Waals surface area contributed by atoms with Gasteiger partial charge in [0.05, 0.1) is 6.61 Å². The van der Waals surface area contributed by atoms with Gasteiger partial charge in [-0.1, -0.05) is 0 Å². The first-order valence-corrected chi connectivity index (χ1v) is 2.09. The zero-order chi connectivity index (χ0) is 5.70. The van der Waals surface area contributed by atoms with Crippen LogP contribution in [0.15, 0.2) is 0 Å². The molecule has 1 atom stereocenters. The van der Waals surface area contributed by atoms with Gasteiger partial charge in [0.1, 0.15) is 12.8 Å². The van der Waals surface area contributed by atoms with Crippen LogP contribution >= 0.6 is 0 Å².